The molecule has 0 aliphatic rings. The lowest BCUT2D eigenvalue weighted by atomic mass is 10.3. The number of nitrogens with one attached hydrogen (secondary N) is 2. The van der Waals surface area contributed by atoms with E-state index in [2.05, 4.69) is 15.6 Å². The fourth-order valence-electron chi connectivity index (χ4n) is 2.39. The second-order valence-electron chi connectivity index (χ2n) is 6.20. The number of thiazole rings is 1. The first-order valence-electron chi connectivity index (χ1n) is 9.16. The van der Waals surface area contributed by atoms with Crippen molar-refractivity contribution in [3.05, 3.63) is 65.4 Å². The Bertz CT molecular complexity index is 1010. The van der Waals surface area contributed by atoms with Gasteiger partial charge in [0.1, 0.15) is 17.3 Å². The average molecular weight is 462 g/mol. The van der Waals surface area contributed by atoms with Crippen molar-refractivity contribution in [2.75, 3.05) is 30.1 Å². The normalized spacial score (nSPS) is 10.4. The SMILES string of the molecule is COc1ccc(NC(=O)CSCc2csc(NC(=O)COc3ccc(F)cc3)n2)cc1. The van der Waals surface area contributed by atoms with Crippen molar-refractivity contribution in [2.24, 2.45) is 0 Å². The number of nitrogens with zero attached hydrogens (tertiary/aromatic N) is 1. The van der Waals surface area contributed by atoms with E-state index in [0.717, 1.165) is 11.4 Å². The monoisotopic (exact) mass is 461 g/mol. The highest BCUT2D eigenvalue weighted by Gasteiger charge is 2.09. The molecule has 0 saturated carbocycles. The number of carbonyl (C=O) groups is 2. The molecule has 31 heavy (non-hydrogen) atoms. The molecule has 0 spiro atoms. The van der Waals surface area contributed by atoms with E-state index < -0.39 is 0 Å². The van der Waals surface area contributed by atoms with E-state index in [4.69, 9.17) is 9.47 Å². The quantitative estimate of drug-likeness (QED) is 0.471. The molecule has 2 aromatic carbocycles. The maximum atomic E-state index is 12.9. The van der Waals surface area contributed by atoms with Crippen molar-refractivity contribution in [2.45, 2.75) is 5.75 Å². The molecule has 2 amide bonds. The maximum absolute atomic E-state index is 12.9. The molecule has 0 bridgehead atoms. The van der Waals surface area contributed by atoms with Crippen LogP contribution in [-0.2, 0) is 15.3 Å². The van der Waals surface area contributed by atoms with Crippen LogP contribution in [0.2, 0.25) is 0 Å². The Kier molecular flexibility index (Phi) is 8.25. The molecule has 7 nitrogen and oxygen atoms in total. The van der Waals surface area contributed by atoms with Crippen LogP contribution in [-0.4, -0.2) is 36.3 Å². The lowest BCUT2D eigenvalue weighted by Gasteiger charge is -2.06. The Balaban J connectivity index is 1.36. The zero-order chi connectivity index (χ0) is 22.1. The highest BCUT2D eigenvalue weighted by Crippen LogP contribution is 2.20. The molecule has 0 fully saturated rings. The second kappa shape index (κ2) is 11.3. The highest BCUT2D eigenvalue weighted by atomic mass is 32.2. The number of ether oxygens (including phenoxy) is 2. The van der Waals surface area contributed by atoms with Gasteiger partial charge in [0.15, 0.2) is 11.7 Å². The molecule has 162 valence electrons. The molecule has 3 aromatic rings. The van der Waals surface area contributed by atoms with Crippen LogP contribution in [0.5, 0.6) is 11.5 Å². The first-order valence-corrected chi connectivity index (χ1v) is 11.2. The maximum Gasteiger partial charge on any atom is 0.264 e. The van der Waals surface area contributed by atoms with E-state index in [9.17, 15) is 14.0 Å². The molecule has 1 heterocycles. The third-order valence-corrected chi connectivity index (χ3v) is 5.61. The zero-order valence-electron chi connectivity index (χ0n) is 16.6. The number of thioether (sulfide) groups is 1. The summed E-state index contributed by atoms with van der Waals surface area (Å²) in [4.78, 5) is 28.3. The first-order chi connectivity index (χ1) is 15.0. The van der Waals surface area contributed by atoms with Gasteiger partial charge in [-0.25, -0.2) is 9.37 Å². The van der Waals surface area contributed by atoms with Crippen molar-refractivity contribution in [1.29, 1.82) is 0 Å². The summed E-state index contributed by atoms with van der Waals surface area (Å²) in [5, 5.41) is 7.75. The standard InChI is InChI=1S/C21H20FN3O4S2/c1-28-17-8-4-15(5-9-17)23-20(27)13-30-11-16-12-31-21(24-16)25-19(26)10-29-18-6-2-14(22)3-7-18/h2-9,12H,10-11,13H2,1H3,(H,23,27)(H,24,25,26). The fraction of sp³-hybridized carbons (Fsp3) is 0.190. The Morgan fingerprint density at radius 1 is 1.03 bits per heavy atom. The molecule has 0 saturated heterocycles. The molecule has 0 aliphatic heterocycles. The number of anilines is 2. The molecule has 0 unspecified atom stereocenters. The van der Waals surface area contributed by atoms with Gasteiger partial charge < -0.3 is 14.8 Å². The van der Waals surface area contributed by atoms with Gasteiger partial charge >= 0.3 is 0 Å². The molecule has 0 radical (unpaired) electrons. The number of rotatable bonds is 10. The van der Waals surface area contributed by atoms with Crippen molar-refractivity contribution in [3.63, 3.8) is 0 Å². The Hall–Kier alpha value is -3.11. The average Bonchev–Trinajstić information content (AvgIpc) is 3.21. The minimum absolute atomic E-state index is 0.114. The van der Waals surface area contributed by atoms with Gasteiger partial charge in [0, 0.05) is 16.8 Å². The van der Waals surface area contributed by atoms with Crippen molar-refractivity contribution < 1.29 is 23.5 Å². The van der Waals surface area contributed by atoms with E-state index >= 15 is 0 Å². The van der Waals surface area contributed by atoms with Gasteiger partial charge in [0.2, 0.25) is 5.91 Å². The van der Waals surface area contributed by atoms with Crippen LogP contribution in [0.25, 0.3) is 0 Å². The molecule has 0 atom stereocenters. The first kappa shape index (κ1) is 22.6. The Labute approximate surface area is 187 Å². The Morgan fingerprint density at radius 3 is 2.45 bits per heavy atom. The number of amides is 2. The van der Waals surface area contributed by atoms with Crippen LogP contribution in [0.3, 0.4) is 0 Å². The predicted molar refractivity (Wildman–Crippen MR) is 120 cm³/mol. The smallest absolute Gasteiger partial charge is 0.264 e. The van der Waals surface area contributed by atoms with Gasteiger partial charge in [-0.15, -0.1) is 23.1 Å². The van der Waals surface area contributed by atoms with Gasteiger partial charge in [-0.2, -0.15) is 0 Å². The van der Waals surface area contributed by atoms with Crippen LogP contribution >= 0.6 is 23.1 Å². The third-order valence-electron chi connectivity index (χ3n) is 3.84. The number of benzene rings is 2. The third kappa shape index (κ3) is 7.58. The lowest BCUT2D eigenvalue weighted by Crippen LogP contribution is -2.20. The van der Waals surface area contributed by atoms with Crippen molar-refractivity contribution in [1.82, 2.24) is 4.98 Å². The lowest BCUT2D eigenvalue weighted by molar-refractivity contribution is -0.118. The summed E-state index contributed by atoms with van der Waals surface area (Å²) in [6.07, 6.45) is 0. The van der Waals surface area contributed by atoms with Gasteiger partial charge in [-0.3, -0.25) is 14.9 Å². The summed E-state index contributed by atoms with van der Waals surface area (Å²) in [7, 11) is 1.58. The topological polar surface area (TPSA) is 89.6 Å². The molecule has 0 aliphatic carbocycles. The molecule has 1 aromatic heterocycles. The number of carbonyl (C=O) groups excluding carboxylic acids is 2. The summed E-state index contributed by atoms with van der Waals surface area (Å²) >= 11 is 2.71. The number of aromatic nitrogens is 1. The molecule has 3 rings (SSSR count). The van der Waals surface area contributed by atoms with E-state index in [1.165, 1.54) is 47.4 Å². The largest absolute Gasteiger partial charge is 0.497 e. The zero-order valence-corrected chi connectivity index (χ0v) is 18.2. The van der Waals surface area contributed by atoms with Crippen molar-refractivity contribution in [3.8, 4) is 11.5 Å². The molecular formula is C21H20FN3O4S2. The summed E-state index contributed by atoms with van der Waals surface area (Å²) in [6.45, 7) is -0.208. The van der Waals surface area contributed by atoms with Crippen LogP contribution in [0, 0.1) is 5.82 Å². The Morgan fingerprint density at radius 2 is 1.74 bits per heavy atom. The van der Waals surface area contributed by atoms with E-state index in [0.29, 0.717) is 22.3 Å². The number of methoxy groups -OCH3 is 1. The fourth-order valence-corrected chi connectivity index (χ4v) is 3.93. The van der Waals surface area contributed by atoms with Gasteiger partial charge in [-0.05, 0) is 48.5 Å². The van der Waals surface area contributed by atoms with E-state index in [1.54, 1.807) is 31.4 Å². The molecule has 2 N–H and O–H groups in total. The number of hydrogen-bond donors (Lipinski definition) is 2. The van der Waals surface area contributed by atoms with E-state index in [1.807, 2.05) is 5.38 Å². The summed E-state index contributed by atoms with van der Waals surface area (Å²) in [5.74, 6) is 1.09. The van der Waals surface area contributed by atoms with Crippen molar-refractivity contribution >= 4 is 45.7 Å². The summed E-state index contributed by atoms with van der Waals surface area (Å²) in [5.41, 5.74) is 1.47. The minimum atomic E-state index is -0.372. The number of halogens is 1. The van der Waals surface area contributed by atoms with Gasteiger partial charge in [-0.1, -0.05) is 0 Å². The second-order valence-corrected chi connectivity index (χ2v) is 8.05. The minimum Gasteiger partial charge on any atom is -0.497 e. The summed E-state index contributed by atoms with van der Waals surface area (Å²) in [6, 6.07) is 12.5. The highest BCUT2D eigenvalue weighted by molar-refractivity contribution is 7.99. The predicted octanol–water partition coefficient (Wildman–Crippen LogP) is 4.18. The van der Waals surface area contributed by atoms with Crippen LogP contribution in [0.15, 0.2) is 53.9 Å². The molecule has 10 heteroatoms. The van der Waals surface area contributed by atoms with E-state index in [-0.39, 0.29) is 30.0 Å². The van der Waals surface area contributed by atoms with Gasteiger partial charge in [0.25, 0.3) is 5.91 Å². The van der Waals surface area contributed by atoms with Crippen LogP contribution < -0.4 is 20.1 Å². The summed E-state index contributed by atoms with van der Waals surface area (Å²) < 4.78 is 23.2. The number of hydrogen-bond acceptors (Lipinski definition) is 7. The van der Waals surface area contributed by atoms with Crippen LogP contribution in [0.4, 0.5) is 15.2 Å². The van der Waals surface area contributed by atoms with Crippen LogP contribution in [0.1, 0.15) is 5.69 Å². The molecular weight excluding hydrogens is 441 g/mol. The van der Waals surface area contributed by atoms with Gasteiger partial charge in [0.05, 0.1) is 18.6 Å².